The van der Waals surface area contributed by atoms with Gasteiger partial charge < -0.3 is 16.0 Å². The molecule has 1 atom stereocenters. The first kappa shape index (κ1) is 14.0. The number of anilines is 2. The normalized spacial score (nSPS) is 18.1. The smallest absolute Gasteiger partial charge is 0.311 e. The van der Waals surface area contributed by atoms with E-state index in [-0.39, 0.29) is 11.5 Å². The van der Waals surface area contributed by atoms with E-state index in [9.17, 15) is 14.9 Å². The number of hydrogen-bond acceptors (Lipinski definition) is 6. The van der Waals surface area contributed by atoms with Gasteiger partial charge in [-0.3, -0.25) is 14.9 Å². The van der Waals surface area contributed by atoms with E-state index >= 15 is 0 Å². The average molecular weight is 279 g/mol. The molecule has 0 aromatic carbocycles. The molecular formula is C12H17N5O3. The molecule has 0 bridgehead atoms. The van der Waals surface area contributed by atoms with Gasteiger partial charge in [0, 0.05) is 19.2 Å². The van der Waals surface area contributed by atoms with Crippen LogP contribution in [0.25, 0.3) is 0 Å². The molecule has 1 fully saturated rings. The van der Waals surface area contributed by atoms with Crippen molar-refractivity contribution in [1.82, 2.24) is 4.98 Å². The van der Waals surface area contributed by atoms with E-state index in [1.807, 2.05) is 6.92 Å². The molecule has 2 rings (SSSR count). The number of nitrogens with zero attached hydrogens (tertiary/aromatic N) is 3. The molecule has 1 saturated heterocycles. The van der Waals surface area contributed by atoms with E-state index in [0.29, 0.717) is 25.3 Å². The standard InChI is InChI=1S/C12H17N5O3/c1-2-14-10-6-5-9(17(19)20)12(15-10)16-7-3-4-8(16)11(13)18/h5-6,8H,2-4,7H2,1H3,(H2,13,18)(H,14,15). The minimum atomic E-state index is -0.530. The van der Waals surface area contributed by atoms with Crippen molar-refractivity contribution in [2.24, 2.45) is 5.73 Å². The number of amides is 1. The number of aromatic nitrogens is 1. The molecule has 1 aromatic heterocycles. The number of rotatable bonds is 5. The predicted octanol–water partition coefficient (Wildman–Crippen LogP) is 0.876. The van der Waals surface area contributed by atoms with Gasteiger partial charge in [-0.1, -0.05) is 0 Å². The monoisotopic (exact) mass is 279 g/mol. The maximum Gasteiger partial charge on any atom is 0.311 e. The van der Waals surface area contributed by atoms with Gasteiger partial charge in [0.05, 0.1) is 4.92 Å². The zero-order valence-corrected chi connectivity index (χ0v) is 11.2. The van der Waals surface area contributed by atoms with Crippen molar-refractivity contribution < 1.29 is 9.72 Å². The van der Waals surface area contributed by atoms with E-state index in [0.717, 1.165) is 6.42 Å². The molecule has 3 N–H and O–H groups in total. The lowest BCUT2D eigenvalue weighted by Gasteiger charge is -2.23. The van der Waals surface area contributed by atoms with Gasteiger partial charge in [-0.15, -0.1) is 0 Å². The second-order valence-corrected chi connectivity index (χ2v) is 4.58. The number of primary amides is 1. The summed E-state index contributed by atoms with van der Waals surface area (Å²) in [5.41, 5.74) is 5.24. The van der Waals surface area contributed by atoms with Gasteiger partial charge in [0.2, 0.25) is 11.7 Å². The van der Waals surface area contributed by atoms with Crippen LogP contribution in [-0.2, 0) is 4.79 Å². The van der Waals surface area contributed by atoms with Crippen molar-refractivity contribution in [1.29, 1.82) is 0 Å². The molecule has 1 amide bonds. The van der Waals surface area contributed by atoms with Crippen LogP contribution in [0.4, 0.5) is 17.3 Å². The fourth-order valence-electron chi connectivity index (χ4n) is 2.39. The molecule has 0 spiro atoms. The summed E-state index contributed by atoms with van der Waals surface area (Å²) in [6.45, 7) is 3.10. The maximum atomic E-state index is 11.4. The summed E-state index contributed by atoms with van der Waals surface area (Å²) in [6, 6.07) is 2.43. The lowest BCUT2D eigenvalue weighted by atomic mass is 10.2. The molecule has 8 heteroatoms. The first-order valence-corrected chi connectivity index (χ1v) is 6.50. The number of nitrogens with one attached hydrogen (secondary N) is 1. The van der Waals surface area contributed by atoms with Crippen molar-refractivity contribution in [3.8, 4) is 0 Å². The number of pyridine rings is 1. The Morgan fingerprint density at radius 1 is 1.65 bits per heavy atom. The first-order chi connectivity index (χ1) is 9.54. The van der Waals surface area contributed by atoms with Gasteiger partial charge in [0.15, 0.2) is 0 Å². The average Bonchev–Trinajstić information content (AvgIpc) is 2.88. The Hall–Kier alpha value is -2.38. The Bertz CT molecular complexity index is 534. The van der Waals surface area contributed by atoms with Crippen LogP contribution < -0.4 is 16.0 Å². The Labute approximate surface area is 116 Å². The third kappa shape index (κ3) is 2.63. The van der Waals surface area contributed by atoms with Gasteiger partial charge in [0.25, 0.3) is 0 Å². The van der Waals surface area contributed by atoms with E-state index in [1.54, 1.807) is 11.0 Å². The fraction of sp³-hybridized carbons (Fsp3) is 0.500. The molecule has 0 aliphatic carbocycles. The summed E-state index contributed by atoms with van der Waals surface area (Å²) in [5, 5.41) is 14.1. The van der Waals surface area contributed by atoms with Gasteiger partial charge in [-0.2, -0.15) is 0 Å². The van der Waals surface area contributed by atoms with Crippen LogP contribution in [0.15, 0.2) is 12.1 Å². The summed E-state index contributed by atoms with van der Waals surface area (Å²) < 4.78 is 0. The lowest BCUT2D eigenvalue weighted by Crippen LogP contribution is -2.41. The molecular weight excluding hydrogens is 262 g/mol. The second-order valence-electron chi connectivity index (χ2n) is 4.58. The van der Waals surface area contributed by atoms with E-state index in [1.165, 1.54) is 6.07 Å². The molecule has 20 heavy (non-hydrogen) atoms. The van der Waals surface area contributed by atoms with Crippen LogP contribution >= 0.6 is 0 Å². The van der Waals surface area contributed by atoms with Crippen LogP contribution in [0.5, 0.6) is 0 Å². The highest BCUT2D eigenvalue weighted by Gasteiger charge is 2.34. The van der Waals surface area contributed by atoms with Crippen LogP contribution in [0.2, 0.25) is 0 Å². The molecule has 0 radical (unpaired) electrons. The van der Waals surface area contributed by atoms with Gasteiger partial charge in [0.1, 0.15) is 11.9 Å². The van der Waals surface area contributed by atoms with Crippen LogP contribution in [0.1, 0.15) is 19.8 Å². The van der Waals surface area contributed by atoms with Crippen LogP contribution in [-0.4, -0.2) is 34.9 Å². The Morgan fingerprint density at radius 3 is 3.00 bits per heavy atom. The summed E-state index contributed by atoms with van der Waals surface area (Å²) in [7, 11) is 0. The highest BCUT2D eigenvalue weighted by molar-refractivity contribution is 5.85. The number of carbonyl (C=O) groups excluding carboxylic acids is 1. The highest BCUT2D eigenvalue weighted by atomic mass is 16.6. The van der Waals surface area contributed by atoms with Crippen molar-refractivity contribution in [3.05, 3.63) is 22.2 Å². The summed E-state index contributed by atoms with van der Waals surface area (Å²) >= 11 is 0. The second kappa shape index (κ2) is 5.72. The topological polar surface area (TPSA) is 114 Å². The van der Waals surface area contributed by atoms with E-state index < -0.39 is 16.9 Å². The van der Waals surface area contributed by atoms with Crippen LogP contribution in [0, 0.1) is 10.1 Å². The molecule has 1 unspecified atom stereocenters. The number of nitrogens with two attached hydrogens (primary N) is 1. The molecule has 108 valence electrons. The third-order valence-corrected chi connectivity index (χ3v) is 3.26. The lowest BCUT2D eigenvalue weighted by molar-refractivity contribution is -0.384. The highest BCUT2D eigenvalue weighted by Crippen LogP contribution is 2.32. The Balaban J connectivity index is 2.43. The predicted molar refractivity (Wildman–Crippen MR) is 74.6 cm³/mol. The number of hydrogen-bond donors (Lipinski definition) is 2. The minimum Gasteiger partial charge on any atom is -0.370 e. The van der Waals surface area contributed by atoms with Crippen molar-refractivity contribution in [3.63, 3.8) is 0 Å². The third-order valence-electron chi connectivity index (χ3n) is 3.26. The molecule has 1 aliphatic heterocycles. The summed E-state index contributed by atoms with van der Waals surface area (Å²) in [4.78, 5) is 28.0. The zero-order chi connectivity index (χ0) is 14.7. The fourth-order valence-corrected chi connectivity index (χ4v) is 2.39. The van der Waals surface area contributed by atoms with Crippen molar-refractivity contribution >= 4 is 23.2 Å². The van der Waals surface area contributed by atoms with Gasteiger partial charge in [-0.25, -0.2) is 4.98 Å². The molecule has 1 aliphatic rings. The molecule has 2 heterocycles. The minimum absolute atomic E-state index is 0.111. The molecule has 1 aromatic rings. The van der Waals surface area contributed by atoms with Gasteiger partial charge in [-0.05, 0) is 25.8 Å². The Morgan fingerprint density at radius 2 is 2.40 bits per heavy atom. The molecule has 8 nitrogen and oxygen atoms in total. The van der Waals surface area contributed by atoms with E-state index in [2.05, 4.69) is 10.3 Å². The van der Waals surface area contributed by atoms with Crippen molar-refractivity contribution in [2.45, 2.75) is 25.8 Å². The first-order valence-electron chi connectivity index (χ1n) is 6.50. The zero-order valence-electron chi connectivity index (χ0n) is 11.2. The summed E-state index contributed by atoms with van der Waals surface area (Å²) in [6.07, 6.45) is 1.36. The Kier molecular flexibility index (Phi) is 4.02. The number of carbonyl (C=O) groups is 1. The quantitative estimate of drug-likeness (QED) is 0.610. The molecule has 0 saturated carbocycles. The van der Waals surface area contributed by atoms with Crippen molar-refractivity contribution in [2.75, 3.05) is 23.3 Å². The largest absolute Gasteiger partial charge is 0.370 e. The SMILES string of the molecule is CCNc1ccc([N+](=O)[O-])c(N2CCCC2C(N)=O)n1. The summed E-state index contributed by atoms with van der Waals surface area (Å²) in [5.74, 6) is 0.269. The van der Waals surface area contributed by atoms with Gasteiger partial charge >= 0.3 is 5.69 Å². The van der Waals surface area contributed by atoms with E-state index in [4.69, 9.17) is 5.73 Å². The number of nitro groups is 1. The maximum absolute atomic E-state index is 11.4. The van der Waals surface area contributed by atoms with Crippen LogP contribution in [0.3, 0.4) is 0 Å².